The molecule has 6 rings (SSSR count). The molecule has 6 aromatic rings. The number of benzene rings is 1. The van der Waals surface area contributed by atoms with E-state index in [1.54, 1.807) is 19.3 Å². The van der Waals surface area contributed by atoms with E-state index in [1.165, 1.54) is 17.7 Å². The Hall–Kier alpha value is -4.17. The van der Waals surface area contributed by atoms with Gasteiger partial charge >= 0.3 is 0 Å². The highest BCUT2D eigenvalue weighted by Gasteiger charge is 2.16. The standard InChI is InChI=1S/C24H16N6OS/c1-13(31)21-7-8-22(32-21)15-3-2-4-18-16(15)9-20(27-18)24-23-19(29-30-24)6-5-17(28-23)14-10-25-12-26-11-14/h2-12,27H,1H3,(H,29,30). The van der Waals surface area contributed by atoms with Gasteiger partial charge in [0.2, 0.25) is 0 Å². The molecule has 8 heteroatoms. The molecule has 7 nitrogen and oxygen atoms in total. The van der Waals surface area contributed by atoms with E-state index in [1.807, 2.05) is 36.4 Å². The van der Waals surface area contributed by atoms with Crippen molar-refractivity contribution in [3.63, 3.8) is 0 Å². The lowest BCUT2D eigenvalue weighted by molar-refractivity contribution is 0.102. The van der Waals surface area contributed by atoms with Gasteiger partial charge in [-0.15, -0.1) is 11.3 Å². The van der Waals surface area contributed by atoms with Crippen molar-refractivity contribution >= 4 is 39.1 Å². The fourth-order valence-electron chi connectivity index (χ4n) is 3.85. The Bertz CT molecular complexity index is 1610. The third-order valence-corrected chi connectivity index (χ3v) is 6.62. The zero-order valence-corrected chi connectivity index (χ0v) is 17.8. The minimum absolute atomic E-state index is 0.0804. The zero-order valence-electron chi connectivity index (χ0n) is 17.0. The zero-order chi connectivity index (χ0) is 21.7. The number of thiophene rings is 1. The van der Waals surface area contributed by atoms with Gasteiger partial charge in [0.15, 0.2) is 5.78 Å². The quantitative estimate of drug-likeness (QED) is 0.356. The number of nitrogens with zero attached hydrogens (tertiary/aromatic N) is 4. The maximum Gasteiger partial charge on any atom is 0.169 e. The third-order valence-electron chi connectivity index (χ3n) is 5.40. The first-order valence-electron chi connectivity index (χ1n) is 10.0. The van der Waals surface area contributed by atoms with Crippen LogP contribution in [0.3, 0.4) is 0 Å². The number of carbonyl (C=O) groups excluding carboxylic acids is 1. The maximum atomic E-state index is 11.7. The highest BCUT2D eigenvalue weighted by Crippen LogP contribution is 2.37. The fraction of sp³-hybridized carbons (Fsp3) is 0.0417. The molecule has 0 aliphatic carbocycles. The molecule has 0 aliphatic heterocycles. The molecule has 0 aliphatic rings. The highest BCUT2D eigenvalue weighted by atomic mass is 32.1. The maximum absolute atomic E-state index is 11.7. The molecule has 2 N–H and O–H groups in total. The summed E-state index contributed by atoms with van der Waals surface area (Å²) in [6, 6.07) is 16.0. The number of fused-ring (bicyclic) bond motifs is 2. The van der Waals surface area contributed by atoms with Gasteiger partial charge in [-0.25, -0.2) is 15.0 Å². The van der Waals surface area contributed by atoms with E-state index in [0.717, 1.165) is 59.9 Å². The third kappa shape index (κ3) is 3.00. The first-order chi connectivity index (χ1) is 15.7. The Kier molecular flexibility index (Phi) is 4.19. The lowest BCUT2D eigenvalue weighted by Crippen LogP contribution is -1.87. The van der Waals surface area contributed by atoms with Crippen LogP contribution in [-0.4, -0.2) is 35.9 Å². The summed E-state index contributed by atoms with van der Waals surface area (Å²) in [5.41, 5.74) is 6.95. The predicted octanol–water partition coefficient (Wildman–Crippen LogP) is 5.49. The Labute approximate surface area is 186 Å². The first kappa shape index (κ1) is 18.6. The number of carbonyl (C=O) groups is 1. The van der Waals surface area contributed by atoms with E-state index in [4.69, 9.17) is 4.98 Å². The number of ketones is 1. The van der Waals surface area contributed by atoms with E-state index in [-0.39, 0.29) is 5.78 Å². The molecule has 32 heavy (non-hydrogen) atoms. The Morgan fingerprint density at radius 2 is 1.88 bits per heavy atom. The van der Waals surface area contributed by atoms with Crippen LogP contribution < -0.4 is 0 Å². The molecule has 0 radical (unpaired) electrons. The molecule has 5 aromatic heterocycles. The lowest BCUT2D eigenvalue weighted by atomic mass is 10.1. The van der Waals surface area contributed by atoms with Crippen molar-refractivity contribution in [3.8, 4) is 33.1 Å². The predicted molar refractivity (Wildman–Crippen MR) is 126 cm³/mol. The number of pyridine rings is 1. The van der Waals surface area contributed by atoms with Gasteiger partial charge in [-0.2, -0.15) is 5.10 Å². The number of hydrogen-bond donors (Lipinski definition) is 2. The summed E-state index contributed by atoms with van der Waals surface area (Å²) in [4.78, 5) is 30.0. The molecular formula is C24H16N6OS. The lowest BCUT2D eigenvalue weighted by Gasteiger charge is -2.00. The van der Waals surface area contributed by atoms with E-state index >= 15 is 0 Å². The molecule has 0 bridgehead atoms. The number of Topliss-reactive ketones (excluding diaryl/α,β-unsaturated/α-hetero) is 1. The van der Waals surface area contributed by atoms with Gasteiger partial charge < -0.3 is 4.98 Å². The highest BCUT2D eigenvalue weighted by molar-refractivity contribution is 7.17. The molecule has 1 aromatic carbocycles. The minimum Gasteiger partial charge on any atom is -0.353 e. The van der Waals surface area contributed by atoms with Crippen molar-refractivity contribution in [2.45, 2.75) is 6.92 Å². The van der Waals surface area contributed by atoms with Crippen LogP contribution in [0.4, 0.5) is 0 Å². The summed E-state index contributed by atoms with van der Waals surface area (Å²) in [5, 5.41) is 8.68. The molecule has 0 saturated heterocycles. The number of hydrogen-bond acceptors (Lipinski definition) is 6. The van der Waals surface area contributed by atoms with Crippen LogP contribution in [0.1, 0.15) is 16.6 Å². The van der Waals surface area contributed by atoms with Crippen LogP contribution in [0.2, 0.25) is 0 Å². The van der Waals surface area contributed by atoms with E-state index in [2.05, 4.69) is 37.3 Å². The van der Waals surface area contributed by atoms with Gasteiger partial charge in [-0.05, 0) is 43.3 Å². The molecule has 0 fully saturated rings. The molecule has 0 atom stereocenters. The van der Waals surface area contributed by atoms with Crippen molar-refractivity contribution in [1.29, 1.82) is 0 Å². The molecule has 154 valence electrons. The summed E-state index contributed by atoms with van der Waals surface area (Å²) in [6.07, 6.45) is 4.99. The van der Waals surface area contributed by atoms with Gasteiger partial charge in [0.25, 0.3) is 0 Å². The van der Waals surface area contributed by atoms with Crippen LogP contribution in [0.15, 0.2) is 67.3 Å². The van der Waals surface area contributed by atoms with E-state index in [9.17, 15) is 4.79 Å². The van der Waals surface area contributed by atoms with Crippen molar-refractivity contribution in [2.24, 2.45) is 0 Å². The van der Waals surface area contributed by atoms with Gasteiger partial charge in [0, 0.05) is 39.3 Å². The minimum atomic E-state index is 0.0804. The molecule has 5 heterocycles. The second-order valence-corrected chi connectivity index (χ2v) is 8.55. The van der Waals surface area contributed by atoms with Crippen LogP contribution in [0.25, 0.3) is 55.0 Å². The average molecular weight is 437 g/mol. The summed E-state index contributed by atoms with van der Waals surface area (Å²) in [5.74, 6) is 0.0804. The van der Waals surface area contributed by atoms with Gasteiger partial charge in [0.05, 0.1) is 21.8 Å². The molecule has 0 spiro atoms. The Morgan fingerprint density at radius 1 is 1.00 bits per heavy atom. The Balaban J connectivity index is 1.49. The van der Waals surface area contributed by atoms with Crippen molar-refractivity contribution in [1.82, 2.24) is 30.1 Å². The van der Waals surface area contributed by atoms with Crippen molar-refractivity contribution in [3.05, 3.63) is 72.1 Å². The molecular weight excluding hydrogens is 420 g/mol. The largest absolute Gasteiger partial charge is 0.353 e. The molecule has 0 unspecified atom stereocenters. The van der Waals surface area contributed by atoms with Crippen molar-refractivity contribution in [2.75, 3.05) is 0 Å². The smallest absolute Gasteiger partial charge is 0.169 e. The van der Waals surface area contributed by atoms with Crippen molar-refractivity contribution < 1.29 is 4.79 Å². The van der Waals surface area contributed by atoms with Crippen LogP contribution in [-0.2, 0) is 0 Å². The summed E-state index contributed by atoms with van der Waals surface area (Å²) in [6.45, 7) is 1.59. The monoisotopic (exact) mass is 436 g/mol. The van der Waals surface area contributed by atoms with Gasteiger partial charge in [0.1, 0.15) is 17.5 Å². The number of nitrogens with one attached hydrogen (secondary N) is 2. The number of aromatic nitrogens is 6. The van der Waals surface area contributed by atoms with Crippen LogP contribution in [0, 0.1) is 0 Å². The van der Waals surface area contributed by atoms with E-state index < -0.39 is 0 Å². The summed E-state index contributed by atoms with van der Waals surface area (Å²) >= 11 is 1.51. The Morgan fingerprint density at radius 3 is 2.69 bits per heavy atom. The first-order valence-corrected chi connectivity index (χ1v) is 10.8. The second-order valence-electron chi connectivity index (χ2n) is 7.46. The number of rotatable bonds is 4. The molecule has 0 amide bonds. The molecule has 0 saturated carbocycles. The SMILES string of the molecule is CC(=O)c1ccc(-c2cccc3[nH]c(-c4n[nH]c5ccc(-c6cncnc6)nc45)cc23)s1. The van der Waals surface area contributed by atoms with Gasteiger partial charge in [-0.3, -0.25) is 9.89 Å². The van der Waals surface area contributed by atoms with Crippen LogP contribution >= 0.6 is 11.3 Å². The fourth-order valence-corrected chi connectivity index (χ4v) is 4.79. The topological polar surface area (TPSA) is 100 Å². The second kappa shape index (κ2) is 7.21. The average Bonchev–Trinajstić information content (AvgIpc) is 3.56. The van der Waals surface area contributed by atoms with E-state index in [0.29, 0.717) is 0 Å². The number of H-pyrrole nitrogens is 2. The summed E-state index contributed by atoms with van der Waals surface area (Å²) in [7, 11) is 0. The van der Waals surface area contributed by atoms with Gasteiger partial charge in [-0.1, -0.05) is 12.1 Å². The normalized spacial score (nSPS) is 11.4. The van der Waals surface area contributed by atoms with Crippen LogP contribution in [0.5, 0.6) is 0 Å². The number of aromatic amines is 2. The summed E-state index contributed by atoms with van der Waals surface area (Å²) < 4.78 is 0.